The summed E-state index contributed by atoms with van der Waals surface area (Å²) in [6, 6.07) is 8.89. The van der Waals surface area contributed by atoms with E-state index in [4.69, 9.17) is 10.4 Å². The number of hydrogen-bond donors (Lipinski definition) is 1. The number of carboxylic acid groups (broad SMARTS) is 1. The number of halogens is 1. The predicted octanol–water partition coefficient (Wildman–Crippen LogP) is 2.71. The first-order chi connectivity index (χ1) is 7.00. The lowest BCUT2D eigenvalue weighted by atomic mass is 9.80. The van der Waals surface area contributed by atoms with Crippen LogP contribution in [-0.4, -0.2) is 11.1 Å². The van der Waals surface area contributed by atoms with E-state index < -0.39 is 11.4 Å². The molecule has 1 aromatic carbocycles. The van der Waals surface area contributed by atoms with Gasteiger partial charge in [0.05, 0.1) is 12.5 Å². The number of hydrogen-bond acceptors (Lipinski definition) is 2. The summed E-state index contributed by atoms with van der Waals surface area (Å²) in [5.74, 6) is -0.980. The zero-order valence-electron chi connectivity index (χ0n) is 8.20. The minimum Gasteiger partial charge on any atom is -0.481 e. The molecule has 1 rings (SSSR count). The molecular formula is C11H10BrNO2. The summed E-state index contributed by atoms with van der Waals surface area (Å²) in [7, 11) is 0. The number of carboxylic acids is 1. The molecule has 1 N–H and O–H groups in total. The third-order valence-corrected chi connectivity index (χ3v) is 2.91. The van der Waals surface area contributed by atoms with Gasteiger partial charge in [-0.2, -0.15) is 5.26 Å². The van der Waals surface area contributed by atoms with Crippen LogP contribution in [0.3, 0.4) is 0 Å². The van der Waals surface area contributed by atoms with Gasteiger partial charge in [0.1, 0.15) is 5.41 Å². The van der Waals surface area contributed by atoms with Gasteiger partial charge in [0.25, 0.3) is 0 Å². The topological polar surface area (TPSA) is 61.1 Å². The Bertz CT molecular complexity index is 408. The van der Waals surface area contributed by atoms with E-state index in [1.165, 1.54) is 0 Å². The highest BCUT2D eigenvalue weighted by atomic mass is 79.9. The van der Waals surface area contributed by atoms with Gasteiger partial charge in [0.15, 0.2) is 0 Å². The van der Waals surface area contributed by atoms with Crippen molar-refractivity contribution in [1.29, 1.82) is 5.26 Å². The molecule has 0 aliphatic heterocycles. The first kappa shape index (κ1) is 11.7. The molecule has 0 heterocycles. The molecule has 4 heteroatoms. The Morgan fingerprint density at radius 2 is 2.07 bits per heavy atom. The van der Waals surface area contributed by atoms with Gasteiger partial charge in [-0.25, -0.2) is 0 Å². The lowest BCUT2D eigenvalue weighted by molar-refractivity contribution is -0.143. The van der Waals surface area contributed by atoms with Crippen LogP contribution in [0.15, 0.2) is 28.7 Å². The molecule has 0 fully saturated rings. The van der Waals surface area contributed by atoms with E-state index in [-0.39, 0.29) is 6.42 Å². The van der Waals surface area contributed by atoms with E-state index >= 15 is 0 Å². The third kappa shape index (κ3) is 2.37. The van der Waals surface area contributed by atoms with Gasteiger partial charge in [0, 0.05) is 4.47 Å². The van der Waals surface area contributed by atoms with Gasteiger partial charge >= 0.3 is 5.97 Å². The van der Waals surface area contributed by atoms with Crippen LogP contribution in [0.25, 0.3) is 0 Å². The van der Waals surface area contributed by atoms with E-state index in [1.807, 2.05) is 6.07 Å². The standard InChI is InChI=1S/C11H10BrNO2/c1-11(6-7-13,10(14)15)8-2-4-9(12)5-3-8/h2-5H,6H2,1H3,(H,14,15). The molecule has 0 aromatic heterocycles. The molecule has 0 spiro atoms. The molecule has 0 amide bonds. The van der Waals surface area contributed by atoms with Crippen LogP contribution in [0.2, 0.25) is 0 Å². The Morgan fingerprint density at radius 3 is 2.47 bits per heavy atom. The van der Waals surface area contributed by atoms with E-state index in [0.717, 1.165) is 4.47 Å². The number of nitriles is 1. The van der Waals surface area contributed by atoms with Gasteiger partial charge in [-0.3, -0.25) is 4.79 Å². The Labute approximate surface area is 96.5 Å². The van der Waals surface area contributed by atoms with Crippen LogP contribution in [0.1, 0.15) is 18.9 Å². The van der Waals surface area contributed by atoms with E-state index in [9.17, 15) is 4.79 Å². The van der Waals surface area contributed by atoms with Crippen LogP contribution >= 0.6 is 15.9 Å². The molecule has 1 aromatic rings. The maximum atomic E-state index is 11.1. The summed E-state index contributed by atoms with van der Waals surface area (Å²) in [6.45, 7) is 1.56. The number of nitrogens with zero attached hydrogens (tertiary/aromatic N) is 1. The monoisotopic (exact) mass is 267 g/mol. The van der Waals surface area contributed by atoms with Crippen molar-refractivity contribution >= 4 is 21.9 Å². The second kappa shape index (κ2) is 4.45. The summed E-state index contributed by atoms with van der Waals surface area (Å²) in [6.07, 6.45) is -0.0377. The van der Waals surface area contributed by atoms with Crippen molar-refractivity contribution in [3.8, 4) is 6.07 Å². The highest BCUT2D eigenvalue weighted by Crippen LogP contribution is 2.28. The van der Waals surface area contributed by atoms with Crippen LogP contribution in [0.5, 0.6) is 0 Å². The zero-order chi connectivity index (χ0) is 11.5. The third-order valence-electron chi connectivity index (χ3n) is 2.39. The van der Waals surface area contributed by atoms with Gasteiger partial charge in [-0.1, -0.05) is 28.1 Å². The molecule has 0 saturated heterocycles. The molecule has 0 aliphatic carbocycles. The summed E-state index contributed by atoms with van der Waals surface area (Å²) in [4.78, 5) is 11.1. The summed E-state index contributed by atoms with van der Waals surface area (Å²) in [5, 5.41) is 17.8. The zero-order valence-corrected chi connectivity index (χ0v) is 9.78. The largest absolute Gasteiger partial charge is 0.481 e. The van der Waals surface area contributed by atoms with Gasteiger partial charge in [0.2, 0.25) is 0 Å². The van der Waals surface area contributed by atoms with Crippen molar-refractivity contribution < 1.29 is 9.90 Å². The van der Waals surface area contributed by atoms with Crippen molar-refractivity contribution in [2.45, 2.75) is 18.8 Å². The highest BCUT2D eigenvalue weighted by molar-refractivity contribution is 9.10. The minimum atomic E-state index is -1.13. The second-order valence-corrected chi connectivity index (χ2v) is 4.39. The molecule has 0 radical (unpaired) electrons. The minimum absolute atomic E-state index is 0.0377. The number of rotatable bonds is 3. The fourth-order valence-electron chi connectivity index (χ4n) is 1.28. The Kier molecular flexibility index (Phi) is 3.48. The highest BCUT2D eigenvalue weighted by Gasteiger charge is 2.34. The van der Waals surface area contributed by atoms with Crippen molar-refractivity contribution in [2.75, 3.05) is 0 Å². The van der Waals surface area contributed by atoms with E-state index in [2.05, 4.69) is 15.9 Å². The quantitative estimate of drug-likeness (QED) is 0.916. The Morgan fingerprint density at radius 1 is 1.53 bits per heavy atom. The van der Waals surface area contributed by atoms with Crippen molar-refractivity contribution in [3.05, 3.63) is 34.3 Å². The molecule has 1 atom stereocenters. The van der Waals surface area contributed by atoms with Gasteiger partial charge in [-0.05, 0) is 24.6 Å². The lowest BCUT2D eigenvalue weighted by Gasteiger charge is -2.22. The number of benzene rings is 1. The smallest absolute Gasteiger partial charge is 0.314 e. The summed E-state index contributed by atoms with van der Waals surface area (Å²) >= 11 is 3.28. The SMILES string of the molecule is CC(CC#N)(C(=O)O)c1ccc(Br)cc1. The van der Waals surface area contributed by atoms with E-state index in [1.54, 1.807) is 31.2 Å². The first-order valence-corrected chi connectivity index (χ1v) is 5.16. The van der Waals surface area contributed by atoms with Crippen LogP contribution in [0, 0.1) is 11.3 Å². The summed E-state index contributed by atoms with van der Waals surface area (Å²) < 4.78 is 0.885. The Hall–Kier alpha value is -1.34. The molecule has 78 valence electrons. The van der Waals surface area contributed by atoms with Crippen LogP contribution in [-0.2, 0) is 10.2 Å². The summed E-state index contributed by atoms with van der Waals surface area (Å²) in [5.41, 5.74) is -0.491. The average molecular weight is 268 g/mol. The fourth-order valence-corrected chi connectivity index (χ4v) is 1.54. The van der Waals surface area contributed by atoms with Crippen molar-refractivity contribution in [3.63, 3.8) is 0 Å². The molecule has 0 saturated carbocycles. The van der Waals surface area contributed by atoms with Gasteiger partial charge < -0.3 is 5.11 Å². The molecule has 3 nitrogen and oxygen atoms in total. The molecule has 15 heavy (non-hydrogen) atoms. The molecule has 1 unspecified atom stereocenters. The van der Waals surface area contributed by atoms with Crippen molar-refractivity contribution in [1.82, 2.24) is 0 Å². The van der Waals surface area contributed by atoms with Crippen molar-refractivity contribution in [2.24, 2.45) is 0 Å². The first-order valence-electron chi connectivity index (χ1n) is 4.37. The fraction of sp³-hybridized carbons (Fsp3) is 0.273. The predicted molar refractivity (Wildman–Crippen MR) is 59.4 cm³/mol. The van der Waals surface area contributed by atoms with E-state index in [0.29, 0.717) is 5.56 Å². The number of aliphatic carboxylic acids is 1. The normalized spacial score (nSPS) is 13.9. The molecule has 0 bridgehead atoms. The molecule has 0 aliphatic rings. The van der Waals surface area contributed by atoms with Crippen LogP contribution < -0.4 is 0 Å². The second-order valence-electron chi connectivity index (χ2n) is 3.48. The van der Waals surface area contributed by atoms with Crippen LogP contribution in [0.4, 0.5) is 0 Å². The van der Waals surface area contributed by atoms with Gasteiger partial charge in [-0.15, -0.1) is 0 Å². The Balaban J connectivity index is 3.16. The number of carbonyl (C=O) groups is 1. The average Bonchev–Trinajstić information content (AvgIpc) is 2.18. The maximum Gasteiger partial charge on any atom is 0.314 e. The lowest BCUT2D eigenvalue weighted by Crippen LogP contribution is -2.31. The maximum absolute atomic E-state index is 11.1. The molecular weight excluding hydrogens is 258 g/mol.